The van der Waals surface area contributed by atoms with Crippen molar-refractivity contribution in [2.45, 2.75) is 6.42 Å². The SMILES string of the molecule is c1ccc(N(c2ccccc2)c2ccc(-c3ccc4c(c3)Cc3ccccc3N4c3ccccc3)cc2)cc1. The second kappa shape index (κ2) is 10.00. The van der Waals surface area contributed by atoms with Gasteiger partial charge in [0.15, 0.2) is 0 Å². The van der Waals surface area contributed by atoms with Crippen molar-refractivity contribution in [2.75, 3.05) is 9.80 Å². The zero-order valence-corrected chi connectivity index (χ0v) is 21.6. The quantitative estimate of drug-likeness (QED) is 0.232. The van der Waals surface area contributed by atoms with E-state index in [2.05, 4.69) is 168 Å². The van der Waals surface area contributed by atoms with Crippen molar-refractivity contribution in [3.05, 3.63) is 169 Å². The molecule has 0 fully saturated rings. The highest BCUT2D eigenvalue weighted by Crippen LogP contribution is 2.45. The van der Waals surface area contributed by atoms with Gasteiger partial charge >= 0.3 is 0 Å². The normalized spacial score (nSPS) is 11.9. The minimum absolute atomic E-state index is 0.927. The first-order valence-electron chi connectivity index (χ1n) is 13.4. The smallest absolute Gasteiger partial charge is 0.0497 e. The Bertz CT molecular complexity index is 1670. The largest absolute Gasteiger partial charge is 0.311 e. The van der Waals surface area contributed by atoms with Gasteiger partial charge in [0.1, 0.15) is 0 Å². The lowest BCUT2D eigenvalue weighted by molar-refractivity contribution is 1.09. The fraction of sp³-hybridized carbons (Fsp3) is 0.0270. The third-order valence-electron chi connectivity index (χ3n) is 7.44. The Morgan fingerprint density at radius 2 is 0.923 bits per heavy atom. The van der Waals surface area contributed by atoms with Crippen LogP contribution in [0.2, 0.25) is 0 Å². The van der Waals surface area contributed by atoms with E-state index < -0.39 is 0 Å². The molecule has 0 unspecified atom stereocenters. The van der Waals surface area contributed by atoms with Crippen molar-refractivity contribution < 1.29 is 0 Å². The van der Waals surface area contributed by atoms with E-state index >= 15 is 0 Å². The van der Waals surface area contributed by atoms with E-state index in [1.807, 2.05) is 0 Å². The van der Waals surface area contributed by atoms with Crippen LogP contribution in [0.3, 0.4) is 0 Å². The summed E-state index contributed by atoms with van der Waals surface area (Å²) in [6.45, 7) is 0. The molecule has 0 N–H and O–H groups in total. The molecule has 186 valence electrons. The lowest BCUT2D eigenvalue weighted by atomic mass is 9.92. The van der Waals surface area contributed by atoms with Crippen molar-refractivity contribution in [3.8, 4) is 11.1 Å². The van der Waals surface area contributed by atoms with Gasteiger partial charge in [-0.1, -0.05) is 91.0 Å². The minimum Gasteiger partial charge on any atom is -0.311 e. The number of nitrogens with zero attached hydrogens (tertiary/aromatic N) is 2. The van der Waals surface area contributed by atoms with Crippen LogP contribution in [0.15, 0.2) is 158 Å². The summed E-state index contributed by atoms with van der Waals surface area (Å²) in [7, 11) is 0. The molecule has 39 heavy (non-hydrogen) atoms. The van der Waals surface area contributed by atoms with Gasteiger partial charge in [-0.25, -0.2) is 0 Å². The molecular weight excluding hydrogens is 472 g/mol. The molecule has 0 spiro atoms. The summed E-state index contributed by atoms with van der Waals surface area (Å²) in [5, 5.41) is 0. The van der Waals surface area contributed by atoms with Crippen molar-refractivity contribution in [2.24, 2.45) is 0 Å². The van der Waals surface area contributed by atoms with Gasteiger partial charge in [-0.2, -0.15) is 0 Å². The molecular formula is C37H28N2. The summed E-state index contributed by atoms with van der Waals surface area (Å²) in [6.07, 6.45) is 0.927. The van der Waals surface area contributed by atoms with Crippen LogP contribution in [0.4, 0.5) is 34.1 Å². The molecule has 1 heterocycles. The minimum atomic E-state index is 0.927. The van der Waals surface area contributed by atoms with Gasteiger partial charge < -0.3 is 9.80 Å². The van der Waals surface area contributed by atoms with E-state index in [9.17, 15) is 0 Å². The van der Waals surface area contributed by atoms with Crippen molar-refractivity contribution in [3.63, 3.8) is 0 Å². The van der Waals surface area contributed by atoms with Crippen LogP contribution in [-0.2, 0) is 6.42 Å². The van der Waals surface area contributed by atoms with Gasteiger partial charge in [0, 0.05) is 40.5 Å². The Kier molecular flexibility index (Phi) is 5.91. The van der Waals surface area contributed by atoms with Gasteiger partial charge in [-0.3, -0.25) is 0 Å². The van der Waals surface area contributed by atoms with Crippen LogP contribution in [0.1, 0.15) is 11.1 Å². The maximum atomic E-state index is 2.39. The van der Waals surface area contributed by atoms with E-state index in [1.54, 1.807) is 0 Å². The zero-order chi connectivity index (χ0) is 26.0. The number of rotatable bonds is 5. The predicted molar refractivity (Wildman–Crippen MR) is 164 cm³/mol. The molecule has 2 nitrogen and oxygen atoms in total. The highest BCUT2D eigenvalue weighted by molar-refractivity contribution is 5.85. The molecule has 0 amide bonds. The fourth-order valence-electron chi connectivity index (χ4n) is 5.60. The molecule has 0 atom stereocenters. The Hall–Kier alpha value is -5.08. The van der Waals surface area contributed by atoms with Crippen molar-refractivity contribution in [1.29, 1.82) is 0 Å². The van der Waals surface area contributed by atoms with E-state index in [0.29, 0.717) is 0 Å². The number of fused-ring (bicyclic) bond motifs is 2. The summed E-state index contributed by atoms with van der Waals surface area (Å²) in [4.78, 5) is 4.68. The van der Waals surface area contributed by atoms with Crippen LogP contribution < -0.4 is 9.80 Å². The van der Waals surface area contributed by atoms with E-state index in [4.69, 9.17) is 0 Å². The number of benzene rings is 6. The second-order valence-corrected chi connectivity index (χ2v) is 9.87. The van der Waals surface area contributed by atoms with Gasteiger partial charge in [0.05, 0.1) is 0 Å². The van der Waals surface area contributed by atoms with Gasteiger partial charge in [-0.05, 0) is 89.0 Å². The standard InChI is InChI=1S/C37H28N2/c1-4-13-32(14-5-1)38(33-15-6-2-7-16-33)35-23-20-28(21-24-35)29-22-25-37-31(26-29)27-30-12-10-11-19-36(30)39(37)34-17-8-3-9-18-34/h1-26H,27H2. The fourth-order valence-corrected chi connectivity index (χ4v) is 5.60. The number of para-hydroxylation sites is 4. The maximum Gasteiger partial charge on any atom is 0.0497 e. The average molecular weight is 501 g/mol. The molecule has 6 aromatic rings. The monoisotopic (exact) mass is 500 g/mol. The zero-order valence-electron chi connectivity index (χ0n) is 21.6. The van der Waals surface area contributed by atoms with Crippen molar-refractivity contribution in [1.82, 2.24) is 0 Å². The Labute approximate surface area is 230 Å². The summed E-state index contributed by atoms with van der Waals surface area (Å²) in [6, 6.07) is 56.3. The molecule has 0 bridgehead atoms. The lowest BCUT2D eigenvalue weighted by Crippen LogP contribution is -2.18. The molecule has 7 rings (SSSR count). The summed E-state index contributed by atoms with van der Waals surface area (Å²) < 4.78 is 0. The van der Waals surface area contributed by atoms with E-state index in [1.165, 1.54) is 39.3 Å². The molecule has 1 aliphatic heterocycles. The molecule has 0 saturated heterocycles. The number of hydrogen-bond acceptors (Lipinski definition) is 2. The Morgan fingerprint density at radius 1 is 0.410 bits per heavy atom. The molecule has 2 heteroatoms. The van der Waals surface area contributed by atoms with Crippen LogP contribution in [0.5, 0.6) is 0 Å². The highest BCUT2D eigenvalue weighted by atomic mass is 15.2. The van der Waals surface area contributed by atoms with Crippen molar-refractivity contribution >= 4 is 34.1 Å². The average Bonchev–Trinajstić information content (AvgIpc) is 3.01. The van der Waals surface area contributed by atoms with Gasteiger partial charge in [0.2, 0.25) is 0 Å². The molecule has 0 aromatic heterocycles. The first kappa shape index (κ1) is 23.1. The molecule has 1 aliphatic rings. The third kappa shape index (κ3) is 4.36. The van der Waals surface area contributed by atoms with Crippen LogP contribution >= 0.6 is 0 Å². The topological polar surface area (TPSA) is 6.48 Å². The Morgan fingerprint density at radius 3 is 1.59 bits per heavy atom. The third-order valence-corrected chi connectivity index (χ3v) is 7.44. The predicted octanol–water partition coefficient (Wildman–Crippen LogP) is 10.2. The second-order valence-electron chi connectivity index (χ2n) is 9.87. The molecule has 0 radical (unpaired) electrons. The van der Waals surface area contributed by atoms with E-state index in [-0.39, 0.29) is 0 Å². The number of hydrogen-bond donors (Lipinski definition) is 0. The molecule has 0 aliphatic carbocycles. The van der Waals surface area contributed by atoms with Crippen LogP contribution in [-0.4, -0.2) is 0 Å². The molecule has 6 aromatic carbocycles. The lowest BCUT2D eigenvalue weighted by Gasteiger charge is -2.33. The van der Waals surface area contributed by atoms with E-state index in [0.717, 1.165) is 23.5 Å². The summed E-state index contributed by atoms with van der Waals surface area (Å²) in [5.74, 6) is 0. The van der Waals surface area contributed by atoms with Crippen LogP contribution in [0, 0.1) is 0 Å². The van der Waals surface area contributed by atoms with Crippen LogP contribution in [0.25, 0.3) is 11.1 Å². The Balaban J connectivity index is 1.26. The first-order chi connectivity index (χ1) is 19.3. The maximum absolute atomic E-state index is 2.39. The molecule has 0 saturated carbocycles. The summed E-state index contributed by atoms with van der Waals surface area (Å²) >= 11 is 0. The first-order valence-corrected chi connectivity index (χ1v) is 13.4. The number of anilines is 6. The van der Waals surface area contributed by atoms with Gasteiger partial charge in [-0.15, -0.1) is 0 Å². The highest BCUT2D eigenvalue weighted by Gasteiger charge is 2.24. The summed E-state index contributed by atoms with van der Waals surface area (Å²) in [5.41, 5.74) is 12.3. The van der Waals surface area contributed by atoms with Gasteiger partial charge in [0.25, 0.3) is 0 Å².